The maximum absolute atomic E-state index is 13.2. The molecule has 1 amide bonds. The maximum atomic E-state index is 13.2. The molecule has 0 saturated heterocycles. The highest BCUT2D eigenvalue weighted by Gasteiger charge is 2.20. The molecule has 180 valence electrons. The van der Waals surface area contributed by atoms with Gasteiger partial charge in [-0.3, -0.25) is 14.0 Å². The number of nitrogens with zero attached hydrogens (tertiary/aromatic N) is 2. The lowest BCUT2D eigenvalue weighted by Crippen LogP contribution is -2.23. The number of fused-ring (bicyclic) bond motifs is 1. The number of anilines is 1. The Balaban J connectivity index is 1.71. The highest BCUT2D eigenvalue weighted by molar-refractivity contribution is 6.01. The number of ether oxygens (including phenoxy) is 2. The molecular formula is C26H27N5O4. The van der Waals surface area contributed by atoms with Crippen LogP contribution in [0.1, 0.15) is 21.5 Å². The van der Waals surface area contributed by atoms with Crippen molar-refractivity contribution in [2.45, 2.75) is 13.1 Å². The number of imidazole rings is 1. The summed E-state index contributed by atoms with van der Waals surface area (Å²) in [6, 6.07) is 18.7. The monoisotopic (exact) mass is 473 g/mol. The second kappa shape index (κ2) is 10.7. The fourth-order valence-corrected chi connectivity index (χ4v) is 3.76. The highest BCUT2D eigenvalue weighted by Crippen LogP contribution is 2.32. The Morgan fingerprint density at radius 1 is 1.03 bits per heavy atom. The van der Waals surface area contributed by atoms with E-state index < -0.39 is 5.97 Å². The largest absolute Gasteiger partial charge is 0.497 e. The molecular weight excluding hydrogens is 446 g/mol. The summed E-state index contributed by atoms with van der Waals surface area (Å²) in [6.07, 6.45) is 1.78. The fraction of sp³-hybridized carbons (Fsp3) is 0.192. The third kappa shape index (κ3) is 5.25. The third-order valence-corrected chi connectivity index (χ3v) is 5.55. The predicted octanol–water partition coefficient (Wildman–Crippen LogP) is 2.98. The van der Waals surface area contributed by atoms with Crippen LogP contribution in [0.2, 0.25) is 0 Å². The van der Waals surface area contributed by atoms with Crippen LogP contribution in [0.5, 0.6) is 5.75 Å². The number of amides is 1. The number of carbonyl (C=O) groups is 2. The minimum Gasteiger partial charge on any atom is -0.497 e. The molecule has 0 bridgehead atoms. The third-order valence-electron chi connectivity index (χ3n) is 5.55. The normalized spacial score (nSPS) is 10.7. The Hall–Kier alpha value is -4.37. The summed E-state index contributed by atoms with van der Waals surface area (Å²) in [6.45, 7) is 0.726. The van der Waals surface area contributed by atoms with E-state index in [2.05, 4.69) is 10.6 Å². The quantitative estimate of drug-likeness (QED) is 0.320. The topological polar surface area (TPSA) is 120 Å². The predicted molar refractivity (Wildman–Crippen MR) is 133 cm³/mol. The van der Waals surface area contributed by atoms with Gasteiger partial charge in [-0.15, -0.1) is 0 Å². The van der Waals surface area contributed by atoms with Crippen molar-refractivity contribution in [2.75, 3.05) is 26.1 Å². The van der Waals surface area contributed by atoms with Crippen molar-refractivity contribution in [1.82, 2.24) is 14.7 Å². The second-order valence-electron chi connectivity index (χ2n) is 7.79. The molecule has 0 unspecified atom stereocenters. The average molecular weight is 474 g/mol. The SMILES string of the molecule is COC(=O)CNc1c(-c2cccc(OC)c2)nc2c(C(=O)NCc3cccc(CN)c3)cccn12. The molecule has 4 aromatic rings. The first-order chi connectivity index (χ1) is 17.0. The van der Waals surface area contributed by atoms with E-state index in [4.69, 9.17) is 20.2 Å². The Kier molecular flexibility index (Phi) is 7.27. The van der Waals surface area contributed by atoms with Gasteiger partial charge < -0.3 is 25.8 Å². The van der Waals surface area contributed by atoms with Crippen LogP contribution in [-0.2, 0) is 22.6 Å². The number of rotatable bonds is 9. The zero-order valence-electron chi connectivity index (χ0n) is 19.6. The van der Waals surface area contributed by atoms with Gasteiger partial charge in [0.25, 0.3) is 5.91 Å². The number of methoxy groups -OCH3 is 2. The molecule has 9 heteroatoms. The first kappa shape index (κ1) is 23.8. The van der Waals surface area contributed by atoms with Gasteiger partial charge in [0.05, 0.1) is 19.8 Å². The summed E-state index contributed by atoms with van der Waals surface area (Å²) in [5.74, 6) is 0.528. The van der Waals surface area contributed by atoms with E-state index in [0.717, 1.165) is 16.7 Å². The summed E-state index contributed by atoms with van der Waals surface area (Å²) in [7, 11) is 2.91. The molecule has 2 heterocycles. The molecule has 0 aliphatic rings. The number of hydrogen-bond donors (Lipinski definition) is 3. The summed E-state index contributed by atoms with van der Waals surface area (Å²) in [5.41, 5.74) is 9.86. The minimum atomic E-state index is -0.426. The van der Waals surface area contributed by atoms with Crippen molar-refractivity contribution >= 4 is 23.3 Å². The number of pyridine rings is 1. The van der Waals surface area contributed by atoms with E-state index in [9.17, 15) is 9.59 Å². The van der Waals surface area contributed by atoms with Crippen molar-refractivity contribution in [1.29, 1.82) is 0 Å². The molecule has 0 spiro atoms. The maximum Gasteiger partial charge on any atom is 0.325 e. The van der Waals surface area contributed by atoms with Gasteiger partial charge in [0.15, 0.2) is 5.65 Å². The van der Waals surface area contributed by atoms with Crippen LogP contribution >= 0.6 is 0 Å². The number of carbonyl (C=O) groups excluding carboxylic acids is 2. The number of aromatic nitrogens is 2. The van der Waals surface area contributed by atoms with Crippen molar-refractivity contribution < 1.29 is 19.1 Å². The Morgan fingerprint density at radius 2 is 1.83 bits per heavy atom. The molecule has 0 saturated carbocycles. The first-order valence-electron chi connectivity index (χ1n) is 11.1. The molecule has 0 radical (unpaired) electrons. The van der Waals surface area contributed by atoms with E-state index >= 15 is 0 Å². The molecule has 0 aliphatic carbocycles. The molecule has 9 nitrogen and oxygen atoms in total. The van der Waals surface area contributed by atoms with Crippen LogP contribution in [0.25, 0.3) is 16.9 Å². The lowest BCUT2D eigenvalue weighted by atomic mass is 10.1. The zero-order valence-corrected chi connectivity index (χ0v) is 19.6. The van der Waals surface area contributed by atoms with Crippen LogP contribution in [0, 0.1) is 0 Å². The van der Waals surface area contributed by atoms with Gasteiger partial charge in [0.1, 0.15) is 23.8 Å². The van der Waals surface area contributed by atoms with Crippen molar-refractivity contribution in [3.05, 3.63) is 83.6 Å². The molecule has 4 rings (SSSR count). The molecule has 35 heavy (non-hydrogen) atoms. The van der Waals surface area contributed by atoms with E-state index in [1.165, 1.54) is 7.11 Å². The number of hydrogen-bond acceptors (Lipinski definition) is 7. The van der Waals surface area contributed by atoms with Crippen LogP contribution in [0.3, 0.4) is 0 Å². The summed E-state index contributed by atoms with van der Waals surface area (Å²) in [4.78, 5) is 29.8. The van der Waals surface area contributed by atoms with Crippen molar-refractivity contribution in [3.8, 4) is 17.0 Å². The van der Waals surface area contributed by atoms with E-state index in [1.54, 1.807) is 29.8 Å². The van der Waals surface area contributed by atoms with Crippen LogP contribution in [-0.4, -0.2) is 42.0 Å². The number of esters is 1. The average Bonchev–Trinajstić information content (AvgIpc) is 3.29. The van der Waals surface area contributed by atoms with Gasteiger partial charge in [0.2, 0.25) is 0 Å². The van der Waals surface area contributed by atoms with Crippen molar-refractivity contribution in [2.24, 2.45) is 5.73 Å². The summed E-state index contributed by atoms with van der Waals surface area (Å²) >= 11 is 0. The second-order valence-corrected chi connectivity index (χ2v) is 7.79. The van der Waals surface area contributed by atoms with Gasteiger partial charge >= 0.3 is 5.97 Å². The van der Waals surface area contributed by atoms with Gasteiger partial charge in [0, 0.05) is 24.8 Å². The van der Waals surface area contributed by atoms with Crippen LogP contribution < -0.4 is 21.1 Å². The Labute approximate surface area is 202 Å². The molecule has 0 aliphatic heterocycles. The van der Waals surface area contributed by atoms with Crippen LogP contribution in [0.4, 0.5) is 5.82 Å². The highest BCUT2D eigenvalue weighted by atomic mass is 16.5. The number of nitrogens with one attached hydrogen (secondary N) is 2. The van der Waals surface area contributed by atoms with Crippen LogP contribution in [0.15, 0.2) is 66.9 Å². The van der Waals surface area contributed by atoms with E-state index in [1.807, 2.05) is 48.5 Å². The van der Waals surface area contributed by atoms with E-state index in [0.29, 0.717) is 41.6 Å². The van der Waals surface area contributed by atoms with Gasteiger partial charge in [-0.1, -0.05) is 36.4 Å². The van der Waals surface area contributed by atoms with E-state index in [-0.39, 0.29) is 12.5 Å². The Bertz CT molecular complexity index is 1370. The zero-order chi connectivity index (χ0) is 24.8. The van der Waals surface area contributed by atoms with Gasteiger partial charge in [-0.2, -0.15) is 0 Å². The molecule has 2 aromatic heterocycles. The number of benzene rings is 2. The first-order valence-corrected chi connectivity index (χ1v) is 11.1. The fourth-order valence-electron chi connectivity index (χ4n) is 3.76. The molecule has 0 fully saturated rings. The molecule has 0 atom stereocenters. The Morgan fingerprint density at radius 3 is 2.60 bits per heavy atom. The van der Waals surface area contributed by atoms with Crippen molar-refractivity contribution in [3.63, 3.8) is 0 Å². The lowest BCUT2D eigenvalue weighted by Gasteiger charge is -2.10. The number of nitrogens with two attached hydrogens (primary N) is 1. The lowest BCUT2D eigenvalue weighted by molar-refractivity contribution is -0.138. The molecule has 4 N–H and O–H groups in total. The van der Waals surface area contributed by atoms with Gasteiger partial charge in [-0.05, 0) is 35.4 Å². The summed E-state index contributed by atoms with van der Waals surface area (Å²) < 4.78 is 11.9. The standard InChI is InChI=1S/C26H27N5O4/c1-34-20-9-4-8-19(13-20)23-25(28-16-22(32)35-2)31-11-5-10-21(24(31)30-23)26(33)29-15-18-7-3-6-17(12-18)14-27/h3-13,28H,14-16,27H2,1-2H3,(H,29,33). The minimum absolute atomic E-state index is 0.0603. The molecule has 2 aromatic carbocycles. The van der Waals surface area contributed by atoms with Gasteiger partial charge in [-0.25, -0.2) is 4.98 Å². The smallest absolute Gasteiger partial charge is 0.325 e. The summed E-state index contributed by atoms with van der Waals surface area (Å²) in [5, 5.41) is 6.06.